The SMILES string of the molecule is COCP(=O)(NC(C)C(=O)OC(C)C)Oc1ccc(/C=C/c2cc(OP(=O)(COC)NC(C)C(=O)OC(C)C)cc(OP(=O)(COC)NC(C)C(=O)OC(C)C)c2)cc1. The fraction of sp³-hybridized carbons (Fsp3) is 0.553. The Morgan fingerprint density at radius 3 is 1.10 bits per heavy atom. The van der Waals surface area contributed by atoms with Gasteiger partial charge in [-0.1, -0.05) is 24.3 Å². The van der Waals surface area contributed by atoms with E-state index in [9.17, 15) is 28.1 Å². The van der Waals surface area contributed by atoms with Gasteiger partial charge >= 0.3 is 40.5 Å². The molecule has 3 N–H and O–H groups in total. The Morgan fingerprint density at radius 2 is 0.797 bits per heavy atom. The van der Waals surface area contributed by atoms with Crippen LogP contribution in [0.25, 0.3) is 12.2 Å². The topological polar surface area (TPSA) is 222 Å². The van der Waals surface area contributed by atoms with Gasteiger partial charge in [0.15, 0.2) is 0 Å². The van der Waals surface area contributed by atoms with Crippen molar-refractivity contribution >= 4 is 52.6 Å². The van der Waals surface area contributed by atoms with E-state index in [1.54, 1.807) is 78.0 Å². The summed E-state index contributed by atoms with van der Waals surface area (Å²) in [6.07, 6.45) is 0.961. The highest BCUT2D eigenvalue weighted by molar-refractivity contribution is 7.57. The average Bonchev–Trinajstić information content (AvgIpc) is 3.10. The van der Waals surface area contributed by atoms with Crippen molar-refractivity contribution < 1.29 is 70.1 Å². The number of carbonyl (C=O) groups is 3. The Labute approximate surface area is 347 Å². The van der Waals surface area contributed by atoms with Crippen molar-refractivity contribution in [1.29, 1.82) is 0 Å². The molecule has 2 aromatic carbocycles. The lowest BCUT2D eigenvalue weighted by Crippen LogP contribution is -2.36. The van der Waals surface area contributed by atoms with Crippen molar-refractivity contribution in [3.05, 3.63) is 53.6 Å². The van der Waals surface area contributed by atoms with E-state index in [1.165, 1.54) is 60.3 Å². The number of hydrogen-bond acceptors (Lipinski definition) is 15. The van der Waals surface area contributed by atoms with Gasteiger partial charge in [0.05, 0.1) is 18.3 Å². The van der Waals surface area contributed by atoms with E-state index in [2.05, 4.69) is 15.3 Å². The molecule has 18 nitrogen and oxygen atoms in total. The second kappa shape index (κ2) is 24.0. The Hall–Kier alpha value is -3.56. The third-order valence-electron chi connectivity index (χ3n) is 7.19. The van der Waals surface area contributed by atoms with Crippen LogP contribution in [0.2, 0.25) is 0 Å². The minimum Gasteiger partial charge on any atom is -0.462 e. The highest BCUT2D eigenvalue weighted by atomic mass is 31.2. The summed E-state index contributed by atoms with van der Waals surface area (Å²) >= 11 is 0. The van der Waals surface area contributed by atoms with Crippen molar-refractivity contribution in [3.63, 3.8) is 0 Å². The smallest absolute Gasteiger partial charge is 0.342 e. The first kappa shape index (κ1) is 51.6. The van der Waals surface area contributed by atoms with Crippen molar-refractivity contribution in [2.24, 2.45) is 0 Å². The molecule has 0 aliphatic rings. The van der Waals surface area contributed by atoms with Crippen LogP contribution in [0, 0.1) is 0 Å². The predicted molar refractivity (Wildman–Crippen MR) is 224 cm³/mol. The van der Waals surface area contributed by atoms with Gasteiger partial charge in [-0.2, -0.15) is 0 Å². The Balaban J connectivity index is 2.52. The van der Waals surface area contributed by atoms with Gasteiger partial charge in [0, 0.05) is 27.4 Å². The summed E-state index contributed by atoms with van der Waals surface area (Å²) in [6, 6.07) is 7.85. The largest absolute Gasteiger partial charge is 0.462 e. The van der Waals surface area contributed by atoms with Crippen LogP contribution in [0.3, 0.4) is 0 Å². The molecule has 2 aromatic rings. The van der Waals surface area contributed by atoms with E-state index >= 15 is 0 Å². The molecule has 21 heteroatoms. The van der Waals surface area contributed by atoms with Gasteiger partial charge in [0.1, 0.15) is 54.4 Å². The second-order valence-electron chi connectivity index (χ2n) is 14.2. The minimum absolute atomic E-state index is 0.0210. The highest BCUT2D eigenvalue weighted by Gasteiger charge is 2.34. The maximum atomic E-state index is 14.1. The van der Waals surface area contributed by atoms with Gasteiger partial charge in [-0.3, -0.25) is 28.1 Å². The molecule has 0 heterocycles. The average molecular weight is 892 g/mol. The van der Waals surface area contributed by atoms with Gasteiger partial charge in [-0.25, -0.2) is 15.3 Å². The number of benzene rings is 2. The minimum atomic E-state index is -3.97. The molecule has 59 heavy (non-hydrogen) atoms. The molecular weight excluding hydrogens is 831 g/mol. The molecule has 6 atom stereocenters. The van der Waals surface area contributed by atoms with E-state index in [0.717, 1.165) is 0 Å². The molecule has 0 saturated carbocycles. The first-order valence-corrected chi connectivity index (χ1v) is 24.2. The maximum absolute atomic E-state index is 14.1. The predicted octanol–water partition coefficient (Wildman–Crippen LogP) is 7.17. The molecule has 6 unspecified atom stereocenters. The quantitative estimate of drug-likeness (QED) is 0.0368. The summed E-state index contributed by atoms with van der Waals surface area (Å²) in [4.78, 5) is 37.5. The standard InChI is InChI=1S/C38H60N3O15P3/c1-25(2)51-36(42)28(7)39-57(45,22-48-10)54-33-17-15-31(16-18-33)13-14-32-19-34(55-58(46,23-49-11)40-29(8)37(43)52-26(3)4)21-35(20-32)56-59(47,24-50-12)41-30(9)38(44)53-27(5)6/h13-21,25-30H,22-24H2,1-12H3,(H,39,45)(H,40,46)(H,41,47)/b14-13+. The summed E-state index contributed by atoms with van der Waals surface area (Å²) in [7, 11) is -7.68. The van der Waals surface area contributed by atoms with Gasteiger partial charge < -0.3 is 42.0 Å². The van der Waals surface area contributed by atoms with E-state index in [-0.39, 0.29) is 29.7 Å². The summed E-state index contributed by atoms with van der Waals surface area (Å²) in [5.74, 6) is -1.73. The van der Waals surface area contributed by atoms with Gasteiger partial charge in [-0.15, -0.1) is 0 Å². The van der Waals surface area contributed by atoms with Gasteiger partial charge in [-0.05, 0) is 97.7 Å². The van der Waals surface area contributed by atoms with Crippen LogP contribution in [0.4, 0.5) is 0 Å². The Morgan fingerprint density at radius 1 is 0.492 bits per heavy atom. The highest BCUT2D eigenvalue weighted by Crippen LogP contribution is 2.48. The fourth-order valence-electron chi connectivity index (χ4n) is 4.96. The van der Waals surface area contributed by atoms with Crippen LogP contribution in [-0.2, 0) is 56.5 Å². The third kappa shape index (κ3) is 18.7. The van der Waals surface area contributed by atoms with Crippen LogP contribution in [-0.4, -0.2) is 94.7 Å². The maximum Gasteiger partial charge on any atom is 0.342 e. The number of rotatable bonds is 26. The van der Waals surface area contributed by atoms with Crippen molar-refractivity contribution in [2.45, 2.75) is 98.8 Å². The molecule has 0 aliphatic carbocycles. The second-order valence-corrected chi connectivity index (χ2v) is 20.3. The van der Waals surface area contributed by atoms with Crippen molar-refractivity contribution in [2.75, 3.05) is 40.4 Å². The zero-order valence-corrected chi connectivity index (χ0v) is 38.4. The number of methoxy groups -OCH3 is 3. The zero-order chi connectivity index (χ0) is 44.6. The molecule has 0 spiro atoms. The Kier molecular flexibility index (Phi) is 21.0. The molecule has 0 saturated heterocycles. The van der Waals surface area contributed by atoms with E-state index in [1.807, 2.05) is 0 Å². The molecular formula is C38H60N3O15P3. The molecule has 0 amide bonds. The van der Waals surface area contributed by atoms with Crippen molar-refractivity contribution in [3.8, 4) is 17.2 Å². The summed E-state index contributed by atoms with van der Waals surface area (Å²) in [6.45, 7) is 14.6. The normalized spacial score (nSPS) is 16.4. The molecule has 0 aromatic heterocycles. The van der Waals surface area contributed by atoms with Crippen LogP contribution in [0.1, 0.15) is 73.4 Å². The van der Waals surface area contributed by atoms with Gasteiger partial charge in [0.2, 0.25) is 0 Å². The molecule has 0 aliphatic heterocycles. The molecule has 2 rings (SSSR count). The summed E-state index contributed by atoms with van der Waals surface area (Å²) < 4.78 is 90.6. The van der Waals surface area contributed by atoms with E-state index < -0.39 is 83.5 Å². The number of ether oxygens (including phenoxy) is 6. The fourth-order valence-corrected chi connectivity index (χ4v) is 9.96. The molecule has 0 bridgehead atoms. The number of nitrogens with one attached hydrogen (secondary N) is 3. The first-order chi connectivity index (χ1) is 27.5. The van der Waals surface area contributed by atoms with Crippen LogP contribution >= 0.6 is 22.6 Å². The lowest BCUT2D eigenvalue weighted by Gasteiger charge is -2.25. The molecule has 332 valence electrons. The summed E-state index contributed by atoms with van der Waals surface area (Å²) in [5.41, 5.74) is 1.07. The summed E-state index contributed by atoms with van der Waals surface area (Å²) in [5, 5.41) is 8.08. The molecule has 0 fully saturated rings. The van der Waals surface area contributed by atoms with Gasteiger partial charge in [0.25, 0.3) is 0 Å². The van der Waals surface area contributed by atoms with E-state index in [4.69, 9.17) is 42.0 Å². The van der Waals surface area contributed by atoms with E-state index in [0.29, 0.717) is 11.1 Å². The monoisotopic (exact) mass is 891 g/mol. The molecule has 0 radical (unpaired) electrons. The zero-order valence-electron chi connectivity index (χ0n) is 35.7. The lowest BCUT2D eigenvalue weighted by atomic mass is 10.1. The van der Waals surface area contributed by atoms with Crippen LogP contribution in [0.15, 0.2) is 42.5 Å². The van der Waals surface area contributed by atoms with Crippen LogP contribution in [0.5, 0.6) is 17.2 Å². The lowest BCUT2D eigenvalue weighted by molar-refractivity contribution is -0.149. The van der Waals surface area contributed by atoms with Crippen molar-refractivity contribution in [1.82, 2.24) is 15.3 Å². The van der Waals surface area contributed by atoms with Crippen LogP contribution < -0.4 is 28.8 Å². The number of hydrogen-bond donors (Lipinski definition) is 3. The first-order valence-electron chi connectivity index (χ1n) is 18.7. The number of esters is 3. The Bertz CT molecular complexity index is 1780. The number of carbonyl (C=O) groups excluding carboxylic acids is 3. The third-order valence-corrected chi connectivity index (χ3v) is 12.8.